The molecule has 52 valence electrons. The van der Waals surface area contributed by atoms with Gasteiger partial charge < -0.3 is 10.6 Å². The highest BCUT2D eigenvalue weighted by Gasteiger charge is 1.90. The second-order valence-corrected chi connectivity index (χ2v) is 2.10. The number of hydrogen-bond acceptors (Lipinski definition) is 1. The van der Waals surface area contributed by atoms with E-state index in [1.807, 2.05) is 14.1 Å². The number of nitrogens with zero attached hydrogens (tertiary/aromatic N) is 2. The average Bonchev–Trinajstić information content (AvgIpc) is 1.63. The first-order chi connectivity index (χ1) is 4.04. The summed E-state index contributed by atoms with van der Waals surface area (Å²) in [4.78, 5) is 5.63. The van der Waals surface area contributed by atoms with Crippen LogP contribution in [0.1, 0.15) is 6.92 Å². The summed E-state index contributed by atoms with van der Waals surface area (Å²) in [6.07, 6.45) is 0. The Balaban J connectivity index is 4.00. The van der Waals surface area contributed by atoms with Gasteiger partial charge in [0.05, 0.1) is 0 Å². The maximum Gasteiger partial charge on any atom is 0.195 e. The van der Waals surface area contributed by atoms with Crippen LogP contribution in [0.25, 0.3) is 0 Å². The standard InChI is InChI=1S/C6H13N3/c1-5(2)8-6(7)9(3)4/h1H2,2-4H3,(H2,7,8). The fourth-order valence-corrected chi connectivity index (χ4v) is 0.296. The number of aliphatic imine (C=N–C) groups is 1. The fourth-order valence-electron chi connectivity index (χ4n) is 0.296. The van der Waals surface area contributed by atoms with E-state index in [0.29, 0.717) is 5.96 Å². The van der Waals surface area contributed by atoms with E-state index in [0.717, 1.165) is 5.70 Å². The van der Waals surface area contributed by atoms with Crippen LogP contribution in [0.4, 0.5) is 0 Å². The molecule has 0 aromatic heterocycles. The molecule has 0 fully saturated rings. The third-order valence-corrected chi connectivity index (χ3v) is 0.764. The summed E-state index contributed by atoms with van der Waals surface area (Å²) in [6, 6.07) is 0. The van der Waals surface area contributed by atoms with Crippen LogP contribution in [0.15, 0.2) is 17.3 Å². The lowest BCUT2D eigenvalue weighted by Crippen LogP contribution is -2.30. The fraction of sp³-hybridized carbons (Fsp3) is 0.500. The van der Waals surface area contributed by atoms with Crippen molar-refractivity contribution in [1.82, 2.24) is 4.90 Å². The Kier molecular flexibility index (Phi) is 2.78. The van der Waals surface area contributed by atoms with E-state index in [-0.39, 0.29) is 0 Å². The molecule has 0 unspecified atom stereocenters. The van der Waals surface area contributed by atoms with E-state index in [1.165, 1.54) is 0 Å². The molecule has 0 heterocycles. The van der Waals surface area contributed by atoms with Gasteiger partial charge in [-0.05, 0) is 6.92 Å². The zero-order chi connectivity index (χ0) is 7.44. The van der Waals surface area contributed by atoms with Gasteiger partial charge >= 0.3 is 0 Å². The average molecular weight is 127 g/mol. The first-order valence-corrected chi connectivity index (χ1v) is 2.71. The van der Waals surface area contributed by atoms with Crippen LogP contribution in [-0.2, 0) is 0 Å². The lowest BCUT2D eigenvalue weighted by molar-refractivity contribution is 0.613. The Labute approximate surface area is 55.9 Å². The molecule has 0 saturated heterocycles. The molecular weight excluding hydrogens is 114 g/mol. The van der Waals surface area contributed by atoms with E-state index in [1.54, 1.807) is 11.8 Å². The summed E-state index contributed by atoms with van der Waals surface area (Å²) in [5.74, 6) is 0.488. The quantitative estimate of drug-likeness (QED) is 0.409. The summed E-state index contributed by atoms with van der Waals surface area (Å²) in [6.45, 7) is 5.39. The van der Waals surface area contributed by atoms with Crippen LogP contribution < -0.4 is 5.73 Å². The summed E-state index contributed by atoms with van der Waals surface area (Å²) >= 11 is 0. The van der Waals surface area contributed by atoms with Crippen LogP contribution in [0.3, 0.4) is 0 Å². The van der Waals surface area contributed by atoms with Crippen molar-refractivity contribution in [3.05, 3.63) is 12.3 Å². The van der Waals surface area contributed by atoms with E-state index < -0.39 is 0 Å². The van der Waals surface area contributed by atoms with Gasteiger partial charge in [0, 0.05) is 19.8 Å². The Morgan fingerprint density at radius 1 is 1.56 bits per heavy atom. The molecule has 0 radical (unpaired) electrons. The van der Waals surface area contributed by atoms with E-state index in [2.05, 4.69) is 11.6 Å². The Bertz CT molecular complexity index is 135. The number of allylic oxidation sites excluding steroid dienone is 1. The molecule has 0 aliphatic heterocycles. The Morgan fingerprint density at radius 2 is 2.00 bits per heavy atom. The predicted octanol–water partition coefficient (Wildman–Crippen LogP) is 0.396. The molecule has 0 amide bonds. The maximum atomic E-state index is 5.43. The van der Waals surface area contributed by atoms with Crippen molar-refractivity contribution in [3.8, 4) is 0 Å². The third-order valence-electron chi connectivity index (χ3n) is 0.764. The first kappa shape index (κ1) is 8.01. The van der Waals surface area contributed by atoms with Crippen LogP contribution in [0.5, 0.6) is 0 Å². The van der Waals surface area contributed by atoms with Crippen LogP contribution in [0.2, 0.25) is 0 Å². The number of nitrogens with two attached hydrogens (primary N) is 1. The highest BCUT2D eigenvalue weighted by molar-refractivity contribution is 5.78. The molecule has 0 aromatic carbocycles. The predicted molar refractivity (Wildman–Crippen MR) is 40.1 cm³/mol. The van der Waals surface area contributed by atoms with E-state index >= 15 is 0 Å². The van der Waals surface area contributed by atoms with Crippen molar-refractivity contribution < 1.29 is 0 Å². The molecule has 0 aromatic rings. The van der Waals surface area contributed by atoms with Gasteiger partial charge in [0.15, 0.2) is 5.96 Å². The molecule has 9 heavy (non-hydrogen) atoms. The van der Waals surface area contributed by atoms with Crippen molar-refractivity contribution in [3.63, 3.8) is 0 Å². The van der Waals surface area contributed by atoms with Crippen molar-refractivity contribution >= 4 is 5.96 Å². The molecule has 0 aliphatic rings. The summed E-state index contributed by atoms with van der Waals surface area (Å²) < 4.78 is 0. The molecular formula is C6H13N3. The van der Waals surface area contributed by atoms with Gasteiger partial charge in [-0.15, -0.1) is 0 Å². The lowest BCUT2D eigenvalue weighted by atomic mass is 10.6. The summed E-state index contributed by atoms with van der Waals surface area (Å²) in [5.41, 5.74) is 6.16. The highest BCUT2D eigenvalue weighted by Crippen LogP contribution is 1.88. The number of hydrogen-bond donors (Lipinski definition) is 1. The molecule has 0 saturated carbocycles. The molecule has 0 spiro atoms. The third kappa shape index (κ3) is 3.58. The minimum absolute atomic E-state index is 0.488. The van der Waals surface area contributed by atoms with Crippen molar-refractivity contribution in [2.45, 2.75) is 6.92 Å². The molecule has 0 bridgehead atoms. The molecule has 0 atom stereocenters. The SMILES string of the molecule is C=C(C)N=C(N)N(C)C. The zero-order valence-corrected chi connectivity index (χ0v) is 6.18. The number of guanidine groups is 1. The second kappa shape index (κ2) is 3.12. The van der Waals surface area contributed by atoms with Gasteiger partial charge in [-0.1, -0.05) is 6.58 Å². The monoisotopic (exact) mass is 127 g/mol. The minimum atomic E-state index is 0.488. The van der Waals surface area contributed by atoms with Gasteiger partial charge in [0.1, 0.15) is 0 Å². The minimum Gasteiger partial charge on any atom is -0.370 e. The van der Waals surface area contributed by atoms with Gasteiger partial charge in [0.25, 0.3) is 0 Å². The van der Waals surface area contributed by atoms with Crippen molar-refractivity contribution in [2.24, 2.45) is 10.7 Å². The topological polar surface area (TPSA) is 41.6 Å². The molecule has 0 rings (SSSR count). The van der Waals surface area contributed by atoms with Gasteiger partial charge in [-0.2, -0.15) is 0 Å². The molecule has 0 aliphatic carbocycles. The largest absolute Gasteiger partial charge is 0.370 e. The van der Waals surface area contributed by atoms with E-state index in [9.17, 15) is 0 Å². The summed E-state index contributed by atoms with van der Waals surface area (Å²) in [5, 5.41) is 0. The molecule has 3 heteroatoms. The van der Waals surface area contributed by atoms with Gasteiger partial charge in [-0.3, -0.25) is 0 Å². The van der Waals surface area contributed by atoms with E-state index in [4.69, 9.17) is 5.73 Å². The zero-order valence-electron chi connectivity index (χ0n) is 6.18. The molecule has 3 nitrogen and oxygen atoms in total. The van der Waals surface area contributed by atoms with Crippen molar-refractivity contribution in [2.75, 3.05) is 14.1 Å². The van der Waals surface area contributed by atoms with Crippen molar-refractivity contribution in [1.29, 1.82) is 0 Å². The molecule has 2 N–H and O–H groups in total. The second-order valence-electron chi connectivity index (χ2n) is 2.10. The van der Waals surface area contributed by atoms with Crippen LogP contribution in [0, 0.1) is 0 Å². The number of rotatable bonds is 1. The van der Waals surface area contributed by atoms with Gasteiger partial charge in [-0.25, -0.2) is 4.99 Å². The Morgan fingerprint density at radius 3 is 2.11 bits per heavy atom. The lowest BCUT2D eigenvalue weighted by Gasteiger charge is -2.09. The maximum absolute atomic E-state index is 5.43. The summed E-state index contributed by atoms with van der Waals surface area (Å²) in [7, 11) is 3.67. The Hall–Kier alpha value is -0.990. The highest BCUT2D eigenvalue weighted by atomic mass is 15.2. The smallest absolute Gasteiger partial charge is 0.195 e. The first-order valence-electron chi connectivity index (χ1n) is 2.71. The van der Waals surface area contributed by atoms with Crippen LogP contribution >= 0.6 is 0 Å². The normalized spacial score (nSPS) is 11.2. The van der Waals surface area contributed by atoms with Crippen LogP contribution in [-0.4, -0.2) is 25.0 Å². The van der Waals surface area contributed by atoms with Gasteiger partial charge in [0.2, 0.25) is 0 Å².